The summed E-state index contributed by atoms with van der Waals surface area (Å²) in [6, 6.07) is 9.05. The number of hydrogen-bond acceptors (Lipinski definition) is 4. The van der Waals surface area contributed by atoms with E-state index in [2.05, 4.69) is 4.98 Å². The largest absolute Gasteiger partial charge is 0.481 e. The van der Waals surface area contributed by atoms with Crippen LogP contribution in [0.15, 0.2) is 41.3 Å². The van der Waals surface area contributed by atoms with Crippen LogP contribution in [0.4, 0.5) is 5.69 Å². The average molecular weight is 373 g/mol. The highest BCUT2D eigenvalue weighted by Gasteiger charge is 2.40. The Balaban J connectivity index is 2.13. The number of aliphatic carboxylic acids is 1. The minimum absolute atomic E-state index is 0.0687. The van der Waals surface area contributed by atoms with Crippen molar-refractivity contribution >= 4 is 44.9 Å². The third kappa shape index (κ3) is 2.65. The number of anilines is 1. The molecule has 1 atom stereocenters. The fourth-order valence-corrected chi connectivity index (χ4v) is 4.66. The first-order chi connectivity index (χ1) is 10.8. The first-order valence-electron chi connectivity index (χ1n) is 6.49. The first-order valence-corrected chi connectivity index (χ1v) is 8.68. The lowest BCUT2D eigenvalue weighted by molar-refractivity contribution is -0.138. The van der Waals surface area contributed by atoms with Crippen molar-refractivity contribution in [1.82, 2.24) is 4.98 Å². The van der Waals surface area contributed by atoms with Crippen LogP contribution in [-0.4, -0.2) is 31.0 Å². The van der Waals surface area contributed by atoms with Crippen molar-refractivity contribution < 1.29 is 18.3 Å². The molecule has 1 aliphatic heterocycles. The maximum atomic E-state index is 12.9. The minimum atomic E-state index is -4.05. The van der Waals surface area contributed by atoms with E-state index in [1.807, 2.05) is 0 Å². The van der Waals surface area contributed by atoms with Gasteiger partial charge in [-0.15, -0.1) is 0 Å². The van der Waals surface area contributed by atoms with E-state index < -0.39 is 21.9 Å². The van der Waals surface area contributed by atoms with Gasteiger partial charge in [0.25, 0.3) is 10.0 Å². The number of rotatable bonds is 3. The van der Waals surface area contributed by atoms with Gasteiger partial charge >= 0.3 is 5.97 Å². The molecule has 1 N–H and O–H groups in total. The monoisotopic (exact) mass is 372 g/mol. The smallest absolute Gasteiger partial charge is 0.312 e. The van der Waals surface area contributed by atoms with Gasteiger partial charge in [-0.1, -0.05) is 41.4 Å². The van der Waals surface area contributed by atoms with Crippen LogP contribution in [0.2, 0.25) is 10.3 Å². The Morgan fingerprint density at radius 2 is 1.91 bits per heavy atom. The first kappa shape index (κ1) is 16.0. The van der Waals surface area contributed by atoms with Crippen LogP contribution in [-0.2, 0) is 14.8 Å². The minimum Gasteiger partial charge on any atom is -0.481 e. The van der Waals surface area contributed by atoms with Gasteiger partial charge in [-0.05, 0) is 23.8 Å². The van der Waals surface area contributed by atoms with E-state index >= 15 is 0 Å². The van der Waals surface area contributed by atoms with Gasteiger partial charge in [-0.3, -0.25) is 9.10 Å². The Bertz CT molecular complexity index is 901. The number of fused-ring (bicyclic) bond motifs is 1. The maximum absolute atomic E-state index is 12.9. The molecule has 0 saturated carbocycles. The van der Waals surface area contributed by atoms with E-state index in [-0.39, 0.29) is 21.7 Å². The zero-order chi connectivity index (χ0) is 16.8. The summed E-state index contributed by atoms with van der Waals surface area (Å²) in [6.07, 6.45) is 0. The number of para-hydroxylation sites is 1. The van der Waals surface area contributed by atoms with Crippen molar-refractivity contribution in [1.29, 1.82) is 0 Å². The van der Waals surface area contributed by atoms with Crippen molar-refractivity contribution in [3.8, 4) is 0 Å². The third-order valence-electron chi connectivity index (χ3n) is 3.58. The Hall–Kier alpha value is -1.83. The number of aromatic nitrogens is 1. The van der Waals surface area contributed by atoms with Gasteiger partial charge in [0.15, 0.2) is 5.15 Å². The number of halogens is 2. The molecular formula is C14H10Cl2N2O4S. The summed E-state index contributed by atoms with van der Waals surface area (Å²) in [5, 5.41) is 9.14. The lowest BCUT2D eigenvalue weighted by Crippen LogP contribution is -2.31. The molecule has 23 heavy (non-hydrogen) atoms. The van der Waals surface area contributed by atoms with Crippen LogP contribution in [0.3, 0.4) is 0 Å². The van der Waals surface area contributed by atoms with Gasteiger partial charge in [-0.25, -0.2) is 13.4 Å². The maximum Gasteiger partial charge on any atom is 0.312 e. The molecule has 120 valence electrons. The van der Waals surface area contributed by atoms with Crippen molar-refractivity contribution in [2.75, 3.05) is 10.8 Å². The number of benzene rings is 1. The van der Waals surface area contributed by atoms with Crippen LogP contribution in [0.25, 0.3) is 0 Å². The lowest BCUT2D eigenvalue weighted by atomic mass is 10.0. The average Bonchev–Trinajstić information content (AvgIpc) is 2.87. The van der Waals surface area contributed by atoms with E-state index in [9.17, 15) is 18.3 Å². The molecule has 0 unspecified atom stereocenters. The highest BCUT2D eigenvalue weighted by molar-refractivity contribution is 7.93. The number of hydrogen-bond donors (Lipinski definition) is 1. The Morgan fingerprint density at radius 3 is 2.57 bits per heavy atom. The second-order valence-corrected chi connectivity index (χ2v) is 7.48. The Morgan fingerprint density at radius 1 is 1.22 bits per heavy atom. The van der Waals surface area contributed by atoms with Gasteiger partial charge in [-0.2, -0.15) is 0 Å². The molecule has 2 aromatic rings. The standard InChI is InChI=1S/C14H10Cl2N2O4S/c15-12-6-5-11(13(16)17-12)23(21,22)18-7-9(14(19)20)8-3-1-2-4-10(8)18/h1-6,9H,7H2,(H,19,20)/t9-/m1/s1. The molecule has 9 heteroatoms. The summed E-state index contributed by atoms with van der Waals surface area (Å²) in [5.41, 5.74) is 0.771. The van der Waals surface area contributed by atoms with Crippen molar-refractivity contribution in [2.45, 2.75) is 10.8 Å². The van der Waals surface area contributed by atoms with Gasteiger partial charge in [0.05, 0.1) is 12.2 Å². The molecular weight excluding hydrogens is 363 g/mol. The Labute approximate surface area is 142 Å². The molecule has 1 aliphatic rings. The van der Waals surface area contributed by atoms with Crippen LogP contribution >= 0.6 is 23.2 Å². The zero-order valence-corrected chi connectivity index (χ0v) is 13.8. The molecule has 0 radical (unpaired) electrons. The lowest BCUT2D eigenvalue weighted by Gasteiger charge is -2.20. The number of pyridine rings is 1. The van der Waals surface area contributed by atoms with Crippen LogP contribution in [0, 0.1) is 0 Å². The van der Waals surface area contributed by atoms with Gasteiger partial charge in [0.2, 0.25) is 0 Å². The van der Waals surface area contributed by atoms with E-state index in [4.69, 9.17) is 23.2 Å². The van der Waals surface area contributed by atoms with Crippen molar-refractivity contribution in [3.63, 3.8) is 0 Å². The van der Waals surface area contributed by atoms with E-state index in [0.717, 1.165) is 4.31 Å². The number of carbonyl (C=O) groups is 1. The van der Waals surface area contributed by atoms with E-state index in [0.29, 0.717) is 11.3 Å². The van der Waals surface area contributed by atoms with Crippen molar-refractivity contribution in [2.24, 2.45) is 0 Å². The summed E-state index contributed by atoms with van der Waals surface area (Å²) in [7, 11) is -4.05. The molecule has 0 fully saturated rings. The molecule has 0 amide bonds. The summed E-state index contributed by atoms with van der Waals surface area (Å²) in [5.74, 6) is -2.02. The molecule has 0 spiro atoms. The fourth-order valence-electron chi connectivity index (χ4n) is 2.52. The molecule has 2 heterocycles. The number of carboxylic acid groups (broad SMARTS) is 1. The highest BCUT2D eigenvalue weighted by atomic mass is 35.5. The van der Waals surface area contributed by atoms with E-state index in [1.165, 1.54) is 12.1 Å². The van der Waals surface area contributed by atoms with Crippen LogP contribution in [0.5, 0.6) is 0 Å². The predicted molar refractivity (Wildman–Crippen MR) is 85.6 cm³/mol. The van der Waals surface area contributed by atoms with Gasteiger partial charge < -0.3 is 5.11 Å². The summed E-state index contributed by atoms with van der Waals surface area (Å²) < 4.78 is 26.8. The second kappa shape index (κ2) is 5.67. The highest BCUT2D eigenvalue weighted by Crippen LogP contribution is 2.40. The number of nitrogens with zero attached hydrogens (tertiary/aromatic N) is 2. The normalized spacial score (nSPS) is 17.1. The molecule has 0 saturated heterocycles. The fraction of sp³-hybridized carbons (Fsp3) is 0.143. The SMILES string of the molecule is O=C(O)[C@@H]1CN(S(=O)(=O)c2ccc(Cl)nc2Cl)c2ccccc21. The molecule has 6 nitrogen and oxygen atoms in total. The third-order valence-corrected chi connectivity index (χ3v) is 6.00. The van der Waals surface area contributed by atoms with Gasteiger partial charge in [0.1, 0.15) is 16.0 Å². The Kier molecular flexibility index (Phi) is 3.95. The molecule has 0 bridgehead atoms. The summed E-state index contributed by atoms with van der Waals surface area (Å²) >= 11 is 11.6. The summed E-state index contributed by atoms with van der Waals surface area (Å²) in [6.45, 7) is -0.198. The quantitative estimate of drug-likeness (QED) is 0.836. The zero-order valence-electron chi connectivity index (χ0n) is 11.5. The topological polar surface area (TPSA) is 87.6 Å². The van der Waals surface area contributed by atoms with Gasteiger partial charge in [0, 0.05) is 0 Å². The van der Waals surface area contributed by atoms with Crippen LogP contribution in [0.1, 0.15) is 11.5 Å². The molecule has 0 aliphatic carbocycles. The van der Waals surface area contributed by atoms with Crippen LogP contribution < -0.4 is 4.31 Å². The number of carboxylic acids is 1. The van der Waals surface area contributed by atoms with E-state index in [1.54, 1.807) is 24.3 Å². The molecule has 1 aromatic carbocycles. The predicted octanol–water partition coefficient (Wildman–Crippen LogP) is 2.77. The molecule has 1 aromatic heterocycles. The molecule has 3 rings (SSSR count). The second-order valence-electron chi connectivity index (χ2n) is 4.91. The summed E-state index contributed by atoms with van der Waals surface area (Å²) in [4.78, 5) is 14.9. The number of sulfonamides is 1. The van der Waals surface area contributed by atoms with Crippen molar-refractivity contribution in [3.05, 3.63) is 52.3 Å².